The second-order valence-electron chi connectivity index (χ2n) is 3.07. The second-order valence-corrected chi connectivity index (χ2v) is 4.69. The van der Waals surface area contributed by atoms with Gasteiger partial charge in [-0.1, -0.05) is 0 Å². The van der Waals surface area contributed by atoms with Gasteiger partial charge in [-0.05, 0) is 26.9 Å². The van der Waals surface area contributed by atoms with Gasteiger partial charge in [-0.2, -0.15) is 0 Å². The first-order valence-corrected chi connectivity index (χ1v) is 5.20. The van der Waals surface area contributed by atoms with Crippen molar-refractivity contribution in [2.45, 2.75) is 18.9 Å². The first-order valence-electron chi connectivity index (χ1n) is 3.71. The molecule has 0 aromatic heterocycles. The molecule has 0 saturated carbocycles. The summed E-state index contributed by atoms with van der Waals surface area (Å²) in [6.07, 6.45) is 2.36. The van der Waals surface area contributed by atoms with Crippen molar-refractivity contribution in [3.8, 4) is 0 Å². The third-order valence-corrected chi connectivity index (χ3v) is 3.52. The van der Waals surface area contributed by atoms with Gasteiger partial charge in [-0.3, -0.25) is 4.21 Å². The van der Waals surface area contributed by atoms with E-state index < -0.39 is 10.8 Å². The van der Waals surface area contributed by atoms with Crippen LogP contribution in [-0.4, -0.2) is 40.8 Å². The van der Waals surface area contributed by atoms with Crippen LogP contribution in [0.2, 0.25) is 0 Å². The summed E-state index contributed by atoms with van der Waals surface area (Å²) < 4.78 is 11.1. The fraction of sp³-hybridized carbons (Fsp3) is 1.00. The molecule has 2 unspecified atom stereocenters. The van der Waals surface area contributed by atoms with Gasteiger partial charge >= 0.3 is 0 Å². The number of nitrogens with zero attached hydrogens (tertiary/aromatic N) is 1. The van der Waals surface area contributed by atoms with Gasteiger partial charge in [0.1, 0.15) is 0 Å². The van der Waals surface area contributed by atoms with E-state index in [-0.39, 0.29) is 0 Å². The molecular formula is C7H15NOS. The highest BCUT2D eigenvalue weighted by Gasteiger charge is 2.19. The highest BCUT2D eigenvalue weighted by molar-refractivity contribution is 7.85. The molecule has 1 rings (SSSR count). The van der Waals surface area contributed by atoms with Crippen LogP contribution in [0.25, 0.3) is 0 Å². The molecule has 0 bridgehead atoms. The average Bonchev–Trinajstić information content (AvgIpc) is 1.88. The molecule has 60 valence electrons. The van der Waals surface area contributed by atoms with Crippen molar-refractivity contribution in [1.29, 1.82) is 0 Å². The molecule has 10 heavy (non-hydrogen) atoms. The zero-order chi connectivity index (χ0) is 7.56. The van der Waals surface area contributed by atoms with Crippen LogP contribution in [0.15, 0.2) is 0 Å². The van der Waals surface area contributed by atoms with E-state index in [1.807, 2.05) is 0 Å². The molecule has 1 aliphatic rings. The first kappa shape index (κ1) is 8.21. The Morgan fingerprint density at radius 3 is 2.60 bits per heavy atom. The Bertz CT molecular complexity index is 136. The van der Waals surface area contributed by atoms with E-state index in [0.717, 1.165) is 17.9 Å². The molecule has 2 nitrogen and oxygen atoms in total. The Kier molecular flexibility index (Phi) is 2.86. The normalized spacial score (nSPS) is 34.7. The molecular weight excluding hydrogens is 146 g/mol. The third-order valence-electron chi connectivity index (χ3n) is 2.02. The average molecular weight is 161 g/mol. The molecule has 1 fully saturated rings. The largest absolute Gasteiger partial charge is 0.306 e. The zero-order valence-electron chi connectivity index (χ0n) is 6.67. The fourth-order valence-corrected chi connectivity index (χ4v) is 2.82. The van der Waals surface area contributed by atoms with Crippen LogP contribution in [-0.2, 0) is 10.8 Å². The van der Waals surface area contributed by atoms with Gasteiger partial charge in [-0.15, -0.1) is 0 Å². The predicted molar refractivity (Wildman–Crippen MR) is 44.6 cm³/mol. The summed E-state index contributed by atoms with van der Waals surface area (Å²) in [7, 11) is 3.59. The van der Waals surface area contributed by atoms with E-state index in [9.17, 15) is 4.21 Å². The predicted octanol–water partition coefficient (Wildman–Crippen LogP) is 0.459. The lowest BCUT2D eigenvalue weighted by molar-refractivity contribution is 0.295. The molecule has 1 aliphatic heterocycles. The van der Waals surface area contributed by atoms with Crippen LogP contribution in [0.5, 0.6) is 0 Å². The number of hydrogen-bond acceptors (Lipinski definition) is 2. The van der Waals surface area contributed by atoms with Crippen molar-refractivity contribution in [2.24, 2.45) is 0 Å². The lowest BCUT2D eigenvalue weighted by atomic mass is 10.2. The van der Waals surface area contributed by atoms with Gasteiger partial charge < -0.3 is 4.90 Å². The smallest absolute Gasteiger partial charge is 0.0390 e. The van der Waals surface area contributed by atoms with Gasteiger partial charge in [0, 0.05) is 28.3 Å². The molecule has 0 amide bonds. The fourth-order valence-electron chi connectivity index (χ4n) is 1.27. The number of rotatable bonds is 1. The van der Waals surface area contributed by atoms with Gasteiger partial charge in [0.15, 0.2) is 0 Å². The quantitative estimate of drug-likeness (QED) is 0.557. The molecule has 0 aliphatic carbocycles. The molecule has 1 saturated heterocycles. The van der Waals surface area contributed by atoms with E-state index in [2.05, 4.69) is 19.0 Å². The zero-order valence-corrected chi connectivity index (χ0v) is 7.49. The van der Waals surface area contributed by atoms with Crippen molar-refractivity contribution in [1.82, 2.24) is 4.90 Å². The van der Waals surface area contributed by atoms with Crippen LogP contribution in [0.3, 0.4) is 0 Å². The van der Waals surface area contributed by atoms with Crippen molar-refractivity contribution in [3.63, 3.8) is 0 Å². The van der Waals surface area contributed by atoms with E-state index in [1.54, 1.807) is 0 Å². The van der Waals surface area contributed by atoms with Gasteiger partial charge in [0.25, 0.3) is 0 Å². The van der Waals surface area contributed by atoms with Crippen LogP contribution in [0.1, 0.15) is 12.8 Å². The van der Waals surface area contributed by atoms with Crippen molar-refractivity contribution in [3.05, 3.63) is 0 Å². The standard InChI is InChI=1S/C7H15NOS/c1-8(2)7-4-3-5-10(9)6-7/h7H,3-6H2,1-2H3. The summed E-state index contributed by atoms with van der Waals surface area (Å²) in [5.41, 5.74) is 0. The summed E-state index contributed by atoms with van der Waals surface area (Å²) >= 11 is 0. The SMILES string of the molecule is CN(C)C1CCCS(=O)C1. The summed E-state index contributed by atoms with van der Waals surface area (Å²) in [4.78, 5) is 2.18. The minimum Gasteiger partial charge on any atom is -0.306 e. The van der Waals surface area contributed by atoms with E-state index in [4.69, 9.17) is 0 Å². The minimum absolute atomic E-state index is 0.533. The van der Waals surface area contributed by atoms with E-state index in [1.165, 1.54) is 6.42 Å². The van der Waals surface area contributed by atoms with Crippen molar-refractivity contribution >= 4 is 10.8 Å². The highest BCUT2D eigenvalue weighted by Crippen LogP contribution is 2.12. The first-order chi connectivity index (χ1) is 4.70. The summed E-state index contributed by atoms with van der Waals surface area (Å²) in [5, 5.41) is 0. The molecule has 2 atom stereocenters. The Labute approximate surface area is 65.1 Å². The molecule has 0 N–H and O–H groups in total. The Morgan fingerprint density at radius 2 is 2.20 bits per heavy atom. The summed E-state index contributed by atoms with van der Waals surface area (Å²) in [6, 6.07) is 0.564. The molecule has 0 radical (unpaired) electrons. The summed E-state index contributed by atoms with van der Waals surface area (Å²) in [6.45, 7) is 0. The lowest BCUT2D eigenvalue weighted by Gasteiger charge is -2.27. The van der Waals surface area contributed by atoms with Crippen LogP contribution < -0.4 is 0 Å². The molecule has 0 spiro atoms. The summed E-state index contributed by atoms with van der Waals surface area (Å²) in [5.74, 6) is 1.80. The van der Waals surface area contributed by atoms with Crippen LogP contribution in [0, 0.1) is 0 Å². The second kappa shape index (κ2) is 3.49. The van der Waals surface area contributed by atoms with Crippen LogP contribution in [0.4, 0.5) is 0 Å². The van der Waals surface area contributed by atoms with Crippen LogP contribution >= 0.6 is 0 Å². The minimum atomic E-state index is -0.533. The maximum absolute atomic E-state index is 11.1. The highest BCUT2D eigenvalue weighted by atomic mass is 32.2. The van der Waals surface area contributed by atoms with E-state index >= 15 is 0 Å². The maximum atomic E-state index is 11.1. The van der Waals surface area contributed by atoms with Gasteiger partial charge in [0.05, 0.1) is 0 Å². The maximum Gasteiger partial charge on any atom is 0.0390 e. The lowest BCUT2D eigenvalue weighted by Crippen LogP contribution is -2.36. The topological polar surface area (TPSA) is 20.3 Å². The molecule has 0 aromatic carbocycles. The third kappa shape index (κ3) is 2.06. The van der Waals surface area contributed by atoms with Crippen molar-refractivity contribution in [2.75, 3.05) is 25.6 Å². The molecule has 0 aromatic rings. The Morgan fingerprint density at radius 1 is 1.50 bits per heavy atom. The molecule has 3 heteroatoms. The van der Waals surface area contributed by atoms with Crippen molar-refractivity contribution < 1.29 is 4.21 Å². The van der Waals surface area contributed by atoms with E-state index in [0.29, 0.717) is 6.04 Å². The monoisotopic (exact) mass is 161 g/mol. The van der Waals surface area contributed by atoms with Gasteiger partial charge in [0.2, 0.25) is 0 Å². The Hall–Kier alpha value is 0.110. The Balaban J connectivity index is 2.39. The molecule has 1 heterocycles. The number of hydrogen-bond donors (Lipinski definition) is 0. The van der Waals surface area contributed by atoms with Gasteiger partial charge in [-0.25, -0.2) is 0 Å².